The van der Waals surface area contributed by atoms with Gasteiger partial charge in [-0.25, -0.2) is 0 Å². The van der Waals surface area contributed by atoms with E-state index < -0.39 is 6.04 Å². The van der Waals surface area contributed by atoms with Crippen molar-refractivity contribution in [1.29, 1.82) is 0 Å². The number of nitrogens with one attached hydrogen (secondary N) is 1. The molecule has 2 aliphatic rings. The van der Waals surface area contributed by atoms with Crippen molar-refractivity contribution in [3.63, 3.8) is 0 Å². The largest absolute Gasteiger partial charge is 0.330 e. The highest BCUT2D eigenvalue weighted by molar-refractivity contribution is 6.22. The zero-order chi connectivity index (χ0) is 21.1. The first-order valence-electron chi connectivity index (χ1n) is 10.4. The highest BCUT2D eigenvalue weighted by Crippen LogP contribution is 2.25. The standard InChI is InChI=1S/C24H25N3O3/c1-18(27-23(29)20-11-5-6-12-21(20)24(27)30)22(28)26-16-14-25(15-17-26)13-7-10-19-8-3-2-4-9-19/h2-12,18H,13-17H2,1H3/p+1/b10-7+/t18-/m0/s1. The number of piperazine rings is 1. The summed E-state index contributed by atoms with van der Waals surface area (Å²) in [5, 5.41) is 0. The molecular formula is C24H26N3O3+. The van der Waals surface area contributed by atoms with Crippen molar-refractivity contribution in [3.8, 4) is 0 Å². The van der Waals surface area contributed by atoms with E-state index in [2.05, 4.69) is 24.3 Å². The van der Waals surface area contributed by atoms with Crippen LogP contribution in [0.1, 0.15) is 33.2 Å². The Morgan fingerprint density at radius 2 is 1.53 bits per heavy atom. The van der Waals surface area contributed by atoms with Gasteiger partial charge >= 0.3 is 0 Å². The SMILES string of the molecule is C[C@@H](C(=O)N1CC[NH+](C/C=C/c2ccccc2)CC1)N1C(=O)c2ccccc2C1=O. The van der Waals surface area contributed by atoms with Gasteiger partial charge in [-0.2, -0.15) is 0 Å². The molecule has 154 valence electrons. The summed E-state index contributed by atoms with van der Waals surface area (Å²) in [5.41, 5.74) is 1.93. The van der Waals surface area contributed by atoms with Crippen LogP contribution in [0, 0.1) is 0 Å². The third-order valence-electron chi connectivity index (χ3n) is 5.87. The van der Waals surface area contributed by atoms with E-state index in [1.165, 1.54) is 10.5 Å². The minimum Gasteiger partial charge on any atom is -0.330 e. The maximum absolute atomic E-state index is 13.0. The second-order valence-corrected chi connectivity index (χ2v) is 7.79. The molecule has 2 aromatic rings. The van der Waals surface area contributed by atoms with E-state index in [9.17, 15) is 14.4 Å². The molecule has 1 saturated heterocycles. The zero-order valence-electron chi connectivity index (χ0n) is 17.1. The van der Waals surface area contributed by atoms with Crippen molar-refractivity contribution in [3.05, 3.63) is 77.4 Å². The van der Waals surface area contributed by atoms with E-state index in [0.717, 1.165) is 24.5 Å². The van der Waals surface area contributed by atoms with Gasteiger partial charge in [0.05, 0.1) is 43.9 Å². The second kappa shape index (κ2) is 8.63. The molecule has 0 bridgehead atoms. The molecule has 1 fully saturated rings. The van der Waals surface area contributed by atoms with Crippen molar-refractivity contribution >= 4 is 23.8 Å². The summed E-state index contributed by atoms with van der Waals surface area (Å²) < 4.78 is 0. The summed E-state index contributed by atoms with van der Waals surface area (Å²) in [6, 6.07) is 16.1. The predicted molar refractivity (Wildman–Crippen MR) is 114 cm³/mol. The van der Waals surface area contributed by atoms with Crippen molar-refractivity contribution in [2.75, 3.05) is 32.7 Å². The number of quaternary nitrogens is 1. The molecule has 0 unspecified atom stereocenters. The predicted octanol–water partition coefficient (Wildman–Crippen LogP) is 1.11. The number of hydrogen-bond acceptors (Lipinski definition) is 3. The van der Waals surface area contributed by atoms with Crippen LogP contribution in [-0.2, 0) is 4.79 Å². The highest BCUT2D eigenvalue weighted by Gasteiger charge is 2.42. The number of hydrogen-bond donors (Lipinski definition) is 1. The molecule has 1 atom stereocenters. The van der Waals surface area contributed by atoms with E-state index in [4.69, 9.17) is 0 Å². The molecule has 6 nitrogen and oxygen atoms in total. The Labute approximate surface area is 176 Å². The van der Waals surface area contributed by atoms with Crippen LogP contribution in [-0.4, -0.2) is 66.3 Å². The van der Waals surface area contributed by atoms with Gasteiger partial charge < -0.3 is 9.80 Å². The molecule has 2 aliphatic heterocycles. The number of rotatable bonds is 5. The Balaban J connectivity index is 1.32. The van der Waals surface area contributed by atoms with Crippen molar-refractivity contribution in [2.45, 2.75) is 13.0 Å². The van der Waals surface area contributed by atoms with Crippen LogP contribution < -0.4 is 4.90 Å². The van der Waals surface area contributed by atoms with Crippen LogP contribution in [0.3, 0.4) is 0 Å². The van der Waals surface area contributed by atoms with Crippen LogP contribution in [0.4, 0.5) is 0 Å². The Bertz CT molecular complexity index is 943. The fourth-order valence-electron chi connectivity index (χ4n) is 4.11. The van der Waals surface area contributed by atoms with Gasteiger partial charge in [-0.15, -0.1) is 0 Å². The molecule has 6 heteroatoms. The molecule has 0 saturated carbocycles. The van der Waals surface area contributed by atoms with Gasteiger partial charge in [0.2, 0.25) is 5.91 Å². The Morgan fingerprint density at radius 3 is 2.13 bits per heavy atom. The van der Waals surface area contributed by atoms with Crippen molar-refractivity contribution in [2.24, 2.45) is 0 Å². The average Bonchev–Trinajstić information content (AvgIpc) is 3.04. The van der Waals surface area contributed by atoms with Crippen LogP contribution >= 0.6 is 0 Å². The van der Waals surface area contributed by atoms with E-state index in [0.29, 0.717) is 24.2 Å². The molecule has 3 amide bonds. The summed E-state index contributed by atoms with van der Waals surface area (Å²) in [4.78, 5) is 42.6. The fraction of sp³-hybridized carbons (Fsp3) is 0.292. The Morgan fingerprint density at radius 1 is 0.967 bits per heavy atom. The molecule has 1 N–H and O–H groups in total. The van der Waals surface area contributed by atoms with E-state index >= 15 is 0 Å². The third kappa shape index (κ3) is 3.91. The van der Waals surface area contributed by atoms with Gasteiger partial charge in [-0.1, -0.05) is 48.5 Å². The number of carbonyl (C=O) groups excluding carboxylic acids is 3. The van der Waals surface area contributed by atoms with E-state index in [1.54, 1.807) is 36.1 Å². The lowest BCUT2D eigenvalue weighted by molar-refractivity contribution is -0.898. The molecule has 0 aromatic heterocycles. The summed E-state index contributed by atoms with van der Waals surface area (Å²) in [6.45, 7) is 5.50. The minimum absolute atomic E-state index is 0.164. The molecule has 0 radical (unpaired) electrons. The summed E-state index contributed by atoms with van der Waals surface area (Å²) in [7, 11) is 0. The van der Waals surface area contributed by atoms with Crippen LogP contribution in [0.15, 0.2) is 60.7 Å². The second-order valence-electron chi connectivity index (χ2n) is 7.79. The summed E-state index contributed by atoms with van der Waals surface area (Å²) in [5.74, 6) is -0.929. The third-order valence-corrected chi connectivity index (χ3v) is 5.87. The first-order chi connectivity index (χ1) is 14.6. The molecule has 2 aromatic carbocycles. The van der Waals surface area contributed by atoms with Crippen LogP contribution in [0.2, 0.25) is 0 Å². The maximum Gasteiger partial charge on any atom is 0.262 e. The Hall–Kier alpha value is -3.25. The van der Waals surface area contributed by atoms with E-state index in [-0.39, 0.29) is 17.7 Å². The highest BCUT2D eigenvalue weighted by atomic mass is 16.2. The smallest absolute Gasteiger partial charge is 0.262 e. The first-order valence-corrected chi connectivity index (χ1v) is 10.4. The van der Waals surface area contributed by atoms with Gasteiger partial charge in [0.25, 0.3) is 11.8 Å². The number of imide groups is 1. The molecule has 0 spiro atoms. The normalized spacial score (nSPS) is 18.2. The number of nitrogens with zero attached hydrogens (tertiary/aromatic N) is 2. The lowest BCUT2D eigenvalue weighted by Gasteiger charge is -2.34. The Kier molecular flexibility index (Phi) is 5.77. The van der Waals surface area contributed by atoms with Crippen LogP contribution in [0.25, 0.3) is 6.08 Å². The average molecular weight is 404 g/mol. The number of carbonyl (C=O) groups is 3. The fourth-order valence-corrected chi connectivity index (χ4v) is 4.11. The molecule has 30 heavy (non-hydrogen) atoms. The molecular weight excluding hydrogens is 378 g/mol. The topological polar surface area (TPSA) is 62.1 Å². The lowest BCUT2D eigenvalue weighted by Crippen LogP contribution is -3.14. The molecule has 4 rings (SSSR count). The number of amides is 3. The van der Waals surface area contributed by atoms with Gasteiger partial charge in [0, 0.05) is 0 Å². The van der Waals surface area contributed by atoms with Gasteiger partial charge in [-0.05, 0) is 30.7 Å². The first kappa shape index (κ1) is 20.0. The quantitative estimate of drug-likeness (QED) is 0.760. The van der Waals surface area contributed by atoms with E-state index in [1.807, 2.05) is 18.2 Å². The minimum atomic E-state index is -0.795. The monoisotopic (exact) mass is 404 g/mol. The zero-order valence-corrected chi connectivity index (χ0v) is 17.1. The number of benzene rings is 2. The summed E-state index contributed by atoms with van der Waals surface area (Å²) in [6.07, 6.45) is 4.29. The maximum atomic E-state index is 13.0. The molecule has 2 heterocycles. The van der Waals surface area contributed by atoms with Gasteiger partial charge in [0.15, 0.2) is 0 Å². The lowest BCUT2D eigenvalue weighted by atomic mass is 10.1. The van der Waals surface area contributed by atoms with Gasteiger partial charge in [0.1, 0.15) is 6.04 Å². The van der Waals surface area contributed by atoms with Gasteiger partial charge in [-0.3, -0.25) is 19.3 Å². The number of fused-ring (bicyclic) bond motifs is 1. The van der Waals surface area contributed by atoms with Crippen molar-refractivity contribution < 1.29 is 19.3 Å². The summed E-state index contributed by atoms with van der Waals surface area (Å²) >= 11 is 0. The van der Waals surface area contributed by atoms with Crippen LogP contribution in [0.5, 0.6) is 0 Å². The molecule has 0 aliphatic carbocycles. The van der Waals surface area contributed by atoms with Crippen molar-refractivity contribution in [1.82, 2.24) is 9.80 Å².